The molecule has 1 aromatic rings. The smallest absolute Gasteiger partial charge is 0.122 e. The van der Waals surface area contributed by atoms with E-state index in [1.807, 2.05) is 0 Å². The van der Waals surface area contributed by atoms with Crippen LogP contribution in [-0.2, 0) is 13.1 Å². The van der Waals surface area contributed by atoms with Crippen molar-refractivity contribution < 1.29 is 4.42 Å². The van der Waals surface area contributed by atoms with Gasteiger partial charge in [-0.2, -0.15) is 0 Å². The minimum absolute atomic E-state index is 0.137. The number of hydrogen-bond donors (Lipinski definition) is 1. The van der Waals surface area contributed by atoms with Crippen molar-refractivity contribution in [3.05, 3.63) is 23.7 Å². The second-order valence-electron chi connectivity index (χ2n) is 5.98. The van der Waals surface area contributed by atoms with E-state index in [1.54, 1.807) is 6.26 Å². The van der Waals surface area contributed by atoms with Gasteiger partial charge in [-0.25, -0.2) is 0 Å². The Balaban J connectivity index is 2.60. The molecule has 0 aliphatic heterocycles. The second-order valence-corrected chi connectivity index (χ2v) is 5.98. The molecule has 0 radical (unpaired) electrons. The van der Waals surface area contributed by atoms with Gasteiger partial charge in [0.15, 0.2) is 0 Å². The topological polar surface area (TPSA) is 28.4 Å². The molecule has 0 spiro atoms. The van der Waals surface area contributed by atoms with E-state index < -0.39 is 0 Å². The number of rotatable bonds is 5. The van der Waals surface area contributed by atoms with Gasteiger partial charge < -0.3 is 9.73 Å². The standard InChI is InChI=1S/C14H26N2O/c1-11(2)16(6)10-13-12(7-8-17-13)9-15-14(3,4)5/h7-8,11,15H,9-10H2,1-6H3. The van der Waals surface area contributed by atoms with Crippen LogP contribution in [0, 0.1) is 0 Å². The average molecular weight is 238 g/mol. The van der Waals surface area contributed by atoms with Crippen molar-refractivity contribution >= 4 is 0 Å². The van der Waals surface area contributed by atoms with E-state index in [0.29, 0.717) is 6.04 Å². The van der Waals surface area contributed by atoms with Crippen molar-refractivity contribution in [3.8, 4) is 0 Å². The van der Waals surface area contributed by atoms with Crippen LogP contribution < -0.4 is 5.32 Å². The highest BCUT2D eigenvalue weighted by Crippen LogP contribution is 2.15. The van der Waals surface area contributed by atoms with Crippen molar-refractivity contribution in [1.29, 1.82) is 0 Å². The van der Waals surface area contributed by atoms with E-state index in [0.717, 1.165) is 18.8 Å². The number of nitrogens with one attached hydrogen (secondary N) is 1. The summed E-state index contributed by atoms with van der Waals surface area (Å²) in [6.45, 7) is 12.6. The SMILES string of the molecule is CC(C)N(C)Cc1occc1CNC(C)(C)C. The molecule has 0 aliphatic rings. The Kier molecular flexibility index (Phi) is 4.78. The Morgan fingerprint density at radius 2 is 2.00 bits per heavy atom. The maximum absolute atomic E-state index is 5.57. The summed E-state index contributed by atoms with van der Waals surface area (Å²) < 4.78 is 5.57. The van der Waals surface area contributed by atoms with Crippen molar-refractivity contribution in [2.45, 2.75) is 59.3 Å². The molecule has 1 aromatic heterocycles. The highest BCUT2D eigenvalue weighted by atomic mass is 16.3. The van der Waals surface area contributed by atoms with Gasteiger partial charge in [0.1, 0.15) is 5.76 Å². The number of nitrogens with zero attached hydrogens (tertiary/aromatic N) is 1. The normalized spacial score (nSPS) is 12.7. The summed E-state index contributed by atoms with van der Waals surface area (Å²) in [6.07, 6.45) is 1.78. The van der Waals surface area contributed by atoms with Gasteiger partial charge in [0.05, 0.1) is 12.8 Å². The fraction of sp³-hybridized carbons (Fsp3) is 0.714. The first-order valence-electron chi connectivity index (χ1n) is 6.30. The molecule has 0 aliphatic carbocycles. The summed E-state index contributed by atoms with van der Waals surface area (Å²) in [4.78, 5) is 2.28. The summed E-state index contributed by atoms with van der Waals surface area (Å²) in [5, 5.41) is 3.49. The first-order valence-corrected chi connectivity index (χ1v) is 6.30. The minimum Gasteiger partial charge on any atom is -0.468 e. The Bertz CT molecular complexity index is 336. The van der Waals surface area contributed by atoms with Gasteiger partial charge >= 0.3 is 0 Å². The maximum atomic E-state index is 5.57. The zero-order valence-electron chi connectivity index (χ0n) is 12.0. The van der Waals surface area contributed by atoms with Crippen LogP contribution in [0.3, 0.4) is 0 Å². The lowest BCUT2D eigenvalue weighted by Gasteiger charge is -2.22. The third-order valence-corrected chi connectivity index (χ3v) is 2.92. The molecule has 0 amide bonds. The molecule has 0 saturated carbocycles. The fourth-order valence-electron chi connectivity index (χ4n) is 1.43. The van der Waals surface area contributed by atoms with Crippen LogP contribution in [0.5, 0.6) is 0 Å². The van der Waals surface area contributed by atoms with Gasteiger partial charge in [0.25, 0.3) is 0 Å². The molecule has 17 heavy (non-hydrogen) atoms. The summed E-state index contributed by atoms with van der Waals surface area (Å²) >= 11 is 0. The highest BCUT2D eigenvalue weighted by molar-refractivity contribution is 5.17. The van der Waals surface area contributed by atoms with E-state index in [-0.39, 0.29) is 5.54 Å². The molecule has 0 fully saturated rings. The van der Waals surface area contributed by atoms with E-state index >= 15 is 0 Å². The van der Waals surface area contributed by atoms with Crippen molar-refractivity contribution in [3.63, 3.8) is 0 Å². The predicted octanol–water partition coefficient (Wildman–Crippen LogP) is 3.01. The molecular weight excluding hydrogens is 212 g/mol. The summed E-state index contributed by atoms with van der Waals surface area (Å²) in [7, 11) is 2.12. The van der Waals surface area contributed by atoms with E-state index in [4.69, 9.17) is 4.42 Å². The Morgan fingerprint density at radius 3 is 2.53 bits per heavy atom. The molecule has 0 atom stereocenters. The van der Waals surface area contributed by atoms with Crippen molar-refractivity contribution in [2.24, 2.45) is 0 Å². The number of furan rings is 1. The highest BCUT2D eigenvalue weighted by Gasteiger charge is 2.14. The molecule has 0 bridgehead atoms. The van der Waals surface area contributed by atoms with Gasteiger partial charge in [0.2, 0.25) is 0 Å². The Hall–Kier alpha value is -0.800. The second kappa shape index (κ2) is 5.69. The van der Waals surface area contributed by atoms with Gasteiger partial charge in [-0.15, -0.1) is 0 Å². The van der Waals surface area contributed by atoms with Crippen LogP contribution in [0.4, 0.5) is 0 Å². The third-order valence-electron chi connectivity index (χ3n) is 2.92. The van der Waals surface area contributed by atoms with Gasteiger partial charge in [-0.1, -0.05) is 0 Å². The van der Waals surface area contributed by atoms with Crippen molar-refractivity contribution in [1.82, 2.24) is 10.2 Å². The molecular formula is C14H26N2O. The lowest BCUT2D eigenvalue weighted by molar-refractivity contribution is 0.242. The molecule has 0 aromatic carbocycles. The van der Waals surface area contributed by atoms with Gasteiger partial charge in [0, 0.05) is 23.7 Å². The molecule has 0 unspecified atom stereocenters. The molecule has 1 heterocycles. The summed E-state index contributed by atoms with van der Waals surface area (Å²) in [5.41, 5.74) is 1.39. The van der Waals surface area contributed by atoms with E-state index in [1.165, 1.54) is 5.56 Å². The van der Waals surface area contributed by atoms with Gasteiger partial charge in [-0.05, 0) is 47.7 Å². The minimum atomic E-state index is 0.137. The zero-order valence-corrected chi connectivity index (χ0v) is 12.0. The van der Waals surface area contributed by atoms with Crippen LogP contribution in [-0.4, -0.2) is 23.5 Å². The van der Waals surface area contributed by atoms with Crippen LogP contribution in [0.15, 0.2) is 16.7 Å². The zero-order chi connectivity index (χ0) is 13.1. The van der Waals surface area contributed by atoms with Crippen LogP contribution in [0.25, 0.3) is 0 Å². The molecule has 3 nitrogen and oxygen atoms in total. The first kappa shape index (κ1) is 14.3. The summed E-state index contributed by atoms with van der Waals surface area (Å²) in [6, 6.07) is 2.59. The first-order chi connectivity index (χ1) is 7.79. The molecule has 1 rings (SSSR count). The maximum Gasteiger partial charge on any atom is 0.122 e. The lowest BCUT2D eigenvalue weighted by Crippen LogP contribution is -2.35. The van der Waals surface area contributed by atoms with E-state index in [9.17, 15) is 0 Å². The lowest BCUT2D eigenvalue weighted by atomic mass is 10.1. The van der Waals surface area contributed by atoms with E-state index in [2.05, 4.69) is 57.9 Å². The monoisotopic (exact) mass is 238 g/mol. The third kappa shape index (κ3) is 4.92. The predicted molar refractivity (Wildman–Crippen MR) is 71.9 cm³/mol. The fourth-order valence-corrected chi connectivity index (χ4v) is 1.43. The molecule has 0 saturated heterocycles. The quantitative estimate of drug-likeness (QED) is 0.854. The largest absolute Gasteiger partial charge is 0.468 e. The van der Waals surface area contributed by atoms with Crippen LogP contribution >= 0.6 is 0 Å². The Morgan fingerprint density at radius 1 is 1.35 bits per heavy atom. The average Bonchev–Trinajstić information content (AvgIpc) is 2.61. The van der Waals surface area contributed by atoms with Crippen LogP contribution in [0.2, 0.25) is 0 Å². The number of hydrogen-bond acceptors (Lipinski definition) is 3. The molecule has 1 N–H and O–H groups in total. The molecule has 3 heteroatoms. The molecule has 98 valence electrons. The van der Waals surface area contributed by atoms with Crippen LogP contribution in [0.1, 0.15) is 45.9 Å². The Labute approximate surface area is 105 Å². The summed E-state index contributed by atoms with van der Waals surface area (Å²) in [5.74, 6) is 1.07. The van der Waals surface area contributed by atoms with Gasteiger partial charge in [-0.3, -0.25) is 4.90 Å². The van der Waals surface area contributed by atoms with Crippen molar-refractivity contribution in [2.75, 3.05) is 7.05 Å².